The molecule has 1 heterocycles. The second kappa shape index (κ2) is 10.7. The van der Waals surface area contributed by atoms with Crippen LogP contribution in [0.15, 0.2) is 30.3 Å². The SMILES string of the molecule is C/C(=C\C(=O)Cc1nc(OCC(F)(F)F)cc(OCC(F)(F)F)n1)c1ccc(C(F)(F)F)c(Cl)c1. The van der Waals surface area contributed by atoms with Crippen molar-refractivity contribution >= 4 is 23.0 Å². The molecule has 0 fully saturated rings. The van der Waals surface area contributed by atoms with E-state index in [4.69, 9.17) is 11.6 Å². The monoisotopic (exact) mass is 536 g/mol. The van der Waals surface area contributed by atoms with Gasteiger partial charge < -0.3 is 9.47 Å². The molecule has 0 atom stereocenters. The first-order valence-corrected chi connectivity index (χ1v) is 9.66. The molecule has 1 aromatic heterocycles. The van der Waals surface area contributed by atoms with Gasteiger partial charge in [0.25, 0.3) is 0 Å². The Bertz CT molecular complexity index is 1060. The smallest absolute Gasteiger partial charge is 0.422 e. The number of alkyl halides is 9. The lowest BCUT2D eigenvalue weighted by Crippen LogP contribution is -2.21. The third-order valence-electron chi connectivity index (χ3n) is 3.93. The van der Waals surface area contributed by atoms with Crippen LogP contribution in [0, 0.1) is 0 Å². The van der Waals surface area contributed by atoms with Gasteiger partial charge in [-0.3, -0.25) is 4.79 Å². The maximum atomic E-state index is 12.8. The zero-order chi connectivity index (χ0) is 26.6. The molecule has 192 valence electrons. The van der Waals surface area contributed by atoms with E-state index in [1.54, 1.807) is 0 Å². The predicted octanol–water partition coefficient (Wildman–Crippen LogP) is 6.25. The maximum Gasteiger partial charge on any atom is 0.422 e. The number of ether oxygens (including phenoxy) is 2. The number of allylic oxidation sites excluding steroid dienone is 2. The highest BCUT2D eigenvalue weighted by molar-refractivity contribution is 6.31. The molecule has 35 heavy (non-hydrogen) atoms. The highest BCUT2D eigenvalue weighted by atomic mass is 35.5. The topological polar surface area (TPSA) is 61.3 Å². The van der Waals surface area contributed by atoms with Gasteiger partial charge >= 0.3 is 18.5 Å². The van der Waals surface area contributed by atoms with E-state index in [1.165, 1.54) is 6.92 Å². The van der Waals surface area contributed by atoms with Crippen LogP contribution in [-0.4, -0.2) is 41.3 Å². The molecule has 0 saturated carbocycles. The molecule has 0 radical (unpaired) electrons. The molecule has 2 aromatic rings. The van der Waals surface area contributed by atoms with Crippen molar-refractivity contribution in [3.63, 3.8) is 0 Å². The number of hydrogen-bond donors (Lipinski definition) is 0. The minimum atomic E-state index is -4.78. The Morgan fingerprint density at radius 3 is 1.86 bits per heavy atom. The summed E-state index contributed by atoms with van der Waals surface area (Å²) in [6, 6.07) is 3.36. The predicted molar refractivity (Wildman–Crippen MR) is 104 cm³/mol. The van der Waals surface area contributed by atoms with E-state index < -0.39 is 72.1 Å². The molecule has 0 amide bonds. The Kier molecular flexibility index (Phi) is 8.63. The first-order valence-electron chi connectivity index (χ1n) is 9.28. The van der Waals surface area contributed by atoms with Gasteiger partial charge in [-0.15, -0.1) is 0 Å². The quantitative estimate of drug-likeness (QED) is 0.295. The summed E-state index contributed by atoms with van der Waals surface area (Å²) in [7, 11) is 0. The van der Waals surface area contributed by atoms with Crippen molar-refractivity contribution in [1.29, 1.82) is 0 Å². The Balaban J connectivity index is 2.25. The molecule has 15 heteroatoms. The Morgan fingerprint density at radius 2 is 1.43 bits per heavy atom. The maximum absolute atomic E-state index is 12.8. The van der Waals surface area contributed by atoms with Gasteiger partial charge in [0.05, 0.1) is 23.1 Å². The summed E-state index contributed by atoms with van der Waals surface area (Å²) < 4.78 is 122. The van der Waals surface area contributed by atoms with Crippen molar-refractivity contribution in [1.82, 2.24) is 9.97 Å². The normalized spacial score (nSPS) is 13.1. The lowest BCUT2D eigenvalue weighted by molar-refractivity contribution is -0.154. The molecular formula is C20H14ClF9N2O3. The zero-order valence-electron chi connectivity index (χ0n) is 17.4. The summed E-state index contributed by atoms with van der Waals surface area (Å²) in [6.07, 6.45) is -14.0. The molecule has 2 rings (SSSR count). The van der Waals surface area contributed by atoms with Gasteiger partial charge in [-0.2, -0.15) is 49.5 Å². The molecule has 0 spiro atoms. The van der Waals surface area contributed by atoms with Crippen LogP contribution in [0.4, 0.5) is 39.5 Å². The van der Waals surface area contributed by atoms with Crippen LogP contribution < -0.4 is 9.47 Å². The number of carbonyl (C=O) groups excluding carboxylic acids is 1. The number of aromatic nitrogens is 2. The highest BCUT2D eigenvalue weighted by Crippen LogP contribution is 2.36. The summed E-state index contributed by atoms with van der Waals surface area (Å²) >= 11 is 5.64. The molecule has 0 saturated heterocycles. The van der Waals surface area contributed by atoms with Gasteiger partial charge in [0.1, 0.15) is 5.82 Å². The number of hydrogen-bond acceptors (Lipinski definition) is 5. The van der Waals surface area contributed by atoms with Gasteiger partial charge in [0, 0.05) is 0 Å². The van der Waals surface area contributed by atoms with Crippen molar-refractivity contribution in [2.75, 3.05) is 13.2 Å². The van der Waals surface area contributed by atoms with Gasteiger partial charge in [-0.25, -0.2) is 0 Å². The van der Waals surface area contributed by atoms with Crippen molar-refractivity contribution in [2.45, 2.75) is 31.9 Å². The number of rotatable bonds is 8. The molecule has 0 unspecified atom stereocenters. The van der Waals surface area contributed by atoms with Gasteiger partial charge in [0.2, 0.25) is 11.8 Å². The molecule has 0 aliphatic rings. The standard InChI is InChI=1S/C20H14ClF9N2O3/c1-10(11-2-3-13(14(21)5-11)20(28,29)30)4-12(33)6-15-31-16(34-8-18(22,23)24)7-17(32-15)35-9-19(25,26)27/h2-5,7H,6,8-9H2,1H3/b10-4+. The van der Waals surface area contributed by atoms with Crippen LogP contribution >= 0.6 is 11.6 Å². The van der Waals surface area contributed by atoms with E-state index in [1.807, 2.05) is 0 Å². The lowest BCUT2D eigenvalue weighted by Gasteiger charge is -2.12. The van der Waals surface area contributed by atoms with E-state index in [-0.39, 0.29) is 11.1 Å². The Morgan fingerprint density at radius 1 is 0.914 bits per heavy atom. The van der Waals surface area contributed by atoms with Crippen molar-refractivity contribution in [3.05, 3.63) is 52.3 Å². The Hall–Kier alpha value is -3.03. The molecular weight excluding hydrogens is 523 g/mol. The second-order valence-corrected chi connectivity index (χ2v) is 7.34. The molecule has 0 bridgehead atoms. The molecule has 0 aliphatic heterocycles. The largest absolute Gasteiger partial charge is 0.468 e. The van der Waals surface area contributed by atoms with Crippen LogP contribution in [0.1, 0.15) is 23.9 Å². The minimum Gasteiger partial charge on any atom is -0.468 e. The number of carbonyl (C=O) groups is 1. The number of nitrogens with zero attached hydrogens (tertiary/aromatic N) is 2. The van der Waals surface area contributed by atoms with E-state index in [9.17, 15) is 44.3 Å². The minimum absolute atomic E-state index is 0.161. The lowest BCUT2D eigenvalue weighted by atomic mass is 10.0. The number of benzene rings is 1. The fraction of sp³-hybridized carbons (Fsp3) is 0.350. The van der Waals surface area contributed by atoms with Crippen LogP contribution in [-0.2, 0) is 17.4 Å². The van der Waals surface area contributed by atoms with Gasteiger partial charge in [-0.05, 0) is 36.3 Å². The van der Waals surface area contributed by atoms with Crippen LogP contribution in [0.2, 0.25) is 5.02 Å². The van der Waals surface area contributed by atoms with E-state index in [2.05, 4.69) is 19.4 Å². The van der Waals surface area contributed by atoms with E-state index >= 15 is 0 Å². The fourth-order valence-electron chi connectivity index (χ4n) is 2.51. The molecule has 1 aromatic carbocycles. The fourth-order valence-corrected chi connectivity index (χ4v) is 2.80. The summed E-state index contributed by atoms with van der Waals surface area (Å²) in [5, 5.41) is -0.612. The van der Waals surface area contributed by atoms with Gasteiger partial charge in [0.15, 0.2) is 19.0 Å². The second-order valence-electron chi connectivity index (χ2n) is 6.93. The molecule has 5 nitrogen and oxygen atoms in total. The number of halogens is 10. The highest BCUT2D eigenvalue weighted by Gasteiger charge is 2.33. The first-order chi connectivity index (χ1) is 15.9. The summed E-state index contributed by atoms with van der Waals surface area (Å²) in [5.41, 5.74) is -0.755. The van der Waals surface area contributed by atoms with Gasteiger partial charge in [-0.1, -0.05) is 17.7 Å². The first kappa shape index (κ1) is 28.2. The zero-order valence-corrected chi connectivity index (χ0v) is 18.2. The van der Waals surface area contributed by atoms with Crippen molar-refractivity contribution in [2.24, 2.45) is 0 Å². The summed E-state index contributed by atoms with van der Waals surface area (Å²) in [5.74, 6) is -2.85. The third-order valence-corrected chi connectivity index (χ3v) is 4.25. The van der Waals surface area contributed by atoms with Crippen molar-refractivity contribution in [3.8, 4) is 11.8 Å². The average molecular weight is 537 g/mol. The summed E-state index contributed by atoms with van der Waals surface area (Å²) in [6.45, 7) is -2.26. The van der Waals surface area contributed by atoms with Crippen molar-refractivity contribution < 1.29 is 53.8 Å². The third kappa shape index (κ3) is 9.62. The van der Waals surface area contributed by atoms with E-state index in [0.29, 0.717) is 12.1 Å². The number of ketones is 1. The molecule has 0 N–H and O–H groups in total. The summed E-state index contributed by atoms with van der Waals surface area (Å²) in [4.78, 5) is 19.5. The van der Waals surface area contributed by atoms with Crippen LogP contribution in [0.25, 0.3) is 5.57 Å². The van der Waals surface area contributed by atoms with Crippen LogP contribution in [0.3, 0.4) is 0 Å². The van der Waals surface area contributed by atoms with Crippen LogP contribution in [0.5, 0.6) is 11.8 Å². The Labute approximate surface area is 196 Å². The van der Waals surface area contributed by atoms with E-state index in [0.717, 1.165) is 18.2 Å². The average Bonchev–Trinajstić information content (AvgIpc) is 2.68. The molecule has 0 aliphatic carbocycles.